The Morgan fingerprint density at radius 2 is 0.889 bits per heavy atom. The maximum atomic E-state index is 12.7. The van der Waals surface area contributed by atoms with E-state index in [4.69, 9.17) is 23.9 Å². The average Bonchev–Trinajstić information content (AvgIpc) is 0.822. The predicted molar refractivity (Wildman–Crippen MR) is 509 cm³/mol. The van der Waals surface area contributed by atoms with Crippen LogP contribution in [0.1, 0.15) is 324 Å². The Bertz CT molecular complexity index is 4220. The fourth-order valence-corrected chi connectivity index (χ4v) is 17.4. The van der Waals surface area contributed by atoms with Crippen LogP contribution >= 0.6 is 0 Å². The number of nitrogens with one attached hydrogen (secondary N) is 1. The molecule has 13 rings (SSSR count). The number of carbonyl (C=O) groups is 3. The first-order valence-corrected chi connectivity index (χ1v) is 47.8. The molecule has 3 aliphatic carbocycles. The topological polar surface area (TPSA) is 258 Å². The summed E-state index contributed by atoms with van der Waals surface area (Å²) >= 11 is 0. The van der Waals surface area contributed by atoms with Crippen LogP contribution in [-0.4, -0.2) is 213 Å². The van der Waals surface area contributed by atoms with Crippen molar-refractivity contribution in [3.05, 3.63) is 125 Å². The molecule has 4 saturated heterocycles. The Morgan fingerprint density at radius 3 is 1.34 bits per heavy atom. The second-order valence-corrected chi connectivity index (χ2v) is 43.2. The van der Waals surface area contributed by atoms with Crippen LogP contribution in [0.15, 0.2) is 73.8 Å². The number of Topliss-reactive ketones (excluding diaryl/α,β-unsaturated/α-hetero) is 1. The van der Waals surface area contributed by atoms with Crippen molar-refractivity contribution in [3.8, 4) is 11.8 Å². The van der Waals surface area contributed by atoms with E-state index in [2.05, 4.69) is 251 Å². The number of amides is 2. The Hall–Kier alpha value is -7.80. The molecule has 4 aliphatic heterocycles. The molecule has 126 heavy (non-hydrogen) atoms. The molecule has 0 bridgehead atoms. The highest BCUT2D eigenvalue weighted by molar-refractivity contribution is 5.79. The van der Waals surface area contributed by atoms with Crippen LogP contribution < -0.4 is 24.6 Å². The summed E-state index contributed by atoms with van der Waals surface area (Å²) in [5.41, 5.74) is 10.9. The summed E-state index contributed by atoms with van der Waals surface area (Å²) in [4.78, 5) is 78.0. The SMILES string of the molecule is CC(=O)C1CCC(Cc2cc(C(C)(C)C)ncn2)CC1.CC(C)(C)c1cc(CC2CCC(C(=O)N3CCCCC3)CC2)ncn1.CC(C)(C)c1cnnc(OC2CCNCC2)c1.CN1CCC(Oc2cc(C(C)(C)C)cnn2)CC1.COC1CCC(N(C)c2cc(C(C)(C)C)ncn2)CC1.COCCN(C)c1cc(C(C)(C)C)cc(CC2CCN(C(C)=O)CC2)n1. The molecule has 6 aromatic rings. The van der Waals surface area contributed by atoms with Gasteiger partial charge < -0.3 is 48.8 Å². The van der Waals surface area contributed by atoms with Crippen molar-refractivity contribution in [1.29, 1.82) is 0 Å². The molecule has 24 nitrogen and oxygen atoms in total. The van der Waals surface area contributed by atoms with Gasteiger partial charge in [-0.25, -0.2) is 34.9 Å². The van der Waals surface area contributed by atoms with Crippen molar-refractivity contribution in [2.75, 3.05) is 111 Å². The smallest absolute Gasteiger partial charge is 0.233 e. The summed E-state index contributed by atoms with van der Waals surface area (Å²) in [6, 6.07) is 15.5. The molecule has 24 heteroatoms. The number of nitrogens with zero attached hydrogens (tertiary/aromatic N) is 16. The maximum absolute atomic E-state index is 12.7. The second-order valence-electron chi connectivity index (χ2n) is 43.2. The van der Waals surface area contributed by atoms with E-state index >= 15 is 0 Å². The number of rotatable bonds is 19. The van der Waals surface area contributed by atoms with E-state index in [1.54, 1.807) is 39.9 Å². The largest absolute Gasteiger partial charge is 0.473 e. The van der Waals surface area contributed by atoms with Crippen LogP contribution in [0.3, 0.4) is 0 Å². The molecule has 7 fully saturated rings. The molecular formula is C102H165N17O7. The molecule has 1 N–H and O–H groups in total. The first kappa shape index (κ1) is 104. The highest BCUT2D eigenvalue weighted by Gasteiger charge is 2.34. The third-order valence-corrected chi connectivity index (χ3v) is 26.4. The minimum Gasteiger partial charge on any atom is -0.473 e. The zero-order valence-corrected chi connectivity index (χ0v) is 82.7. The number of likely N-dealkylation sites (N-methyl/N-ethyl adjacent to an activating group) is 1. The first-order chi connectivity index (χ1) is 59.4. The lowest BCUT2D eigenvalue weighted by Crippen LogP contribution is -2.40. The molecule has 0 spiro atoms. The number of anilines is 2. The number of pyridine rings is 1. The lowest BCUT2D eigenvalue weighted by atomic mass is 9.78. The molecule has 6 aromatic heterocycles. The summed E-state index contributed by atoms with van der Waals surface area (Å²) in [6.07, 6.45) is 36.2. The number of likely N-dealkylation sites (tertiary alicyclic amines) is 3. The van der Waals surface area contributed by atoms with Gasteiger partial charge in [-0.2, -0.15) is 10.2 Å². The summed E-state index contributed by atoms with van der Waals surface area (Å²) in [7, 11) is 9.91. The van der Waals surface area contributed by atoms with Gasteiger partial charge in [0.2, 0.25) is 23.6 Å². The normalized spacial score (nSPS) is 20.9. The van der Waals surface area contributed by atoms with Crippen LogP contribution in [0.4, 0.5) is 11.6 Å². The van der Waals surface area contributed by atoms with E-state index in [0.29, 0.717) is 65.9 Å². The first-order valence-electron chi connectivity index (χ1n) is 47.8. The van der Waals surface area contributed by atoms with Gasteiger partial charge in [0.25, 0.3) is 0 Å². The van der Waals surface area contributed by atoms with Crippen LogP contribution in [0.5, 0.6) is 11.8 Å². The number of methoxy groups -OCH3 is 2. The summed E-state index contributed by atoms with van der Waals surface area (Å²) < 4.78 is 22.5. The van der Waals surface area contributed by atoms with Gasteiger partial charge in [-0.05, 0) is 256 Å². The van der Waals surface area contributed by atoms with Gasteiger partial charge in [-0.15, -0.1) is 10.2 Å². The van der Waals surface area contributed by atoms with E-state index in [1.165, 1.54) is 43.2 Å². The van der Waals surface area contributed by atoms with Gasteiger partial charge in [-0.1, -0.05) is 125 Å². The van der Waals surface area contributed by atoms with Gasteiger partial charge in [0.1, 0.15) is 48.6 Å². The lowest BCUT2D eigenvalue weighted by Gasteiger charge is -2.35. The van der Waals surface area contributed by atoms with Crippen molar-refractivity contribution >= 4 is 29.2 Å². The van der Waals surface area contributed by atoms with Crippen molar-refractivity contribution < 1.29 is 33.3 Å². The molecule has 700 valence electrons. The highest BCUT2D eigenvalue weighted by Crippen LogP contribution is 2.37. The van der Waals surface area contributed by atoms with Crippen molar-refractivity contribution in [1.82, 2.24) is 75.3 Å². The summed E-state index contributed by atoms with van der Waals surface area (Å²) in [6.45, 7) is 52.3. The molecule has 0 unspecified atom stereocenters. The minimum absolute atomic E-state index is 0.0617. The van der Waals surface area contributed by atoms with Crippen molar-refractivity contribution in [2.24, 2.45) is 29.6 Å². The Morgan fingerprint density at radius 1 is 0.437 bits per heavy atom. The number of ether oxygens (including phenoxy) is 4. The average molecular weight is 1740 g/mol. The third kappa shape index (κ3) is 34.9. The fraction of sp³-hybridized carbons (Fsp3) is 0.725. The van der Waals surface area contributed by atoms with Crippen LogP contribution in [0, 0.1) is 29.6 Å². The van der Waals surface area contributed by atoms with Crippen molar-refractivity contribution in [3.63, 3.8) is 0 Å². The van der Waals surface area contributed by atoms with Crippen LogP contribution in [0.2, 0.25) is 0 Å². The van der Waals surface area contributed by atoms with Crippen LogP contribution in [0.25, 0.3) is 0 Å². The van der Waals surface area contributed by atoms with Gasteiger partial charge in [-0.3, -0.25) is 14.4 Å². The Balaban J connectivity index is 0.000000188. The van der Waals surface area contributed by atoms with Crippen molar-refractivity contribution in [2.45, 2.75) is 349 Å². The number of ketones is 1. The molecule has 2 amide bonds. The van der Waals surface area contributed by atoms with E-state index in [1.807, 2.05) is 36.5 Å². The van der Waals surface area contributed by atoms with Gasteiger partial charge in [0.05, 0.1) is 30.8 Å². The zero-order chi connectivity index (χ0) is 92.2. The molecule has 0 aromatic carbocycles. The number of hydrogen-bond donors (Lipinski definition) is 1. The van der Waals surface area contributed by atoms with Gasteiger partial charge in [0, 0.05) is 162 Å². The quantitative estimate of drug-likeness (QED) is 0.0790. The lowest BCUT2D eigenvalue weighted by molar-refractivity contribution is -0.137. The fourth-order valence-electron chi connectivity index (χ4n) is 17.4. The number of carbonyl (C=O) groups excluding carboxylic acids is 3. The second kappa shape index (κ2) is 48.7. The Labute approximate surface area is 759 Å². The highest BCUT2D eigenvalue weighted by atomic mass is 16.5. The number of hydrogen-bond acceptors (Lipinski definition) is 22. The number of piperidine rings is 4. The van der Waals surface area contributed by atoms with E-state index in [9.17, 15) is 14.4 Å². The standard InChI is InChI=1S/C21H35N3O2.C21H33N3O.C17H26N2O.C16H27N3O.C14H23N3O.C13H21N3O/c1-16(25)24-9-7-17(8-10-24)13-19-14-18(21(2,3)4)15-20(22-19)23(5)11-12-26-6;1-21(2,3)19-14-18(22-15-23-19)13-16-7-9-17(10-8-16)20(25)24-11-5-4-6-12-24;1-12(20)14-7-5-13(6-8-14)9-15-10-16(17(2,3)4)19-11-18-15;1-16(2,3)14-10-15(18-11-17-14)19(4)12-6-8-13(20-5)9-7-12;1-14(2,3)11-9-13(16-15-10-11)18-12-5-7-17(4)8-6-12;1-13(2,3)10-8-12(16-15-9-10)17-11-4-6-14-7-5-11/h14-15,17H,7-13H2,1-6H3;14-17H,4-13H2,1-3H3;10-11,13-14H,5-9H2,1-4H3;10-13H,6-9H2,1-5H3;9-10,12H,5-8H2,1-4H3;8-9,11,14H,4-7H2,1-3H3. The van der Waals surface area contributed by atoms with Crippen LogP contribution in [-0.2, 0) is 75.6 Å². The summed E-state index contributed by atoms with van der Waals surface area (Å²) in [5.74, 6) is 6.87. The van der Waals surface area contributed by atoms with E-state index < -0.39 is 0 Å². The predicted octanol–water partition coefficient (Wildman–Crippen LogP) is 18.4. The molecular weight excluding hydrogens is 1580 g/mol. The molecule has 0 radical (unpaired) electrons. The van der Waals surface area contributed by atoms with Gasteiger partial charge in [0.15, 0.2) is 0 Å². The van der Waals surface area contributed by atoms with E-state index in [-0.39, 0.29) is 56.5 Å². The molecule has 7 aliphatic rings. The summed E-state index contributed by atoms with van der Waals surface area (Å²) in [5, 5.41) is 19.5. The molecule has 10 heterocycles. The Kier molecular flexibility index (Phi) is 40.1. The minimum atomic E-state index is 0.0617. The zero-order valence-electron chi connectivity index (χ0n) is 82.7. The number of aromatic nitrogens is 11. The maximum Gasteiger partial charge on any atom is 0.233 e. The van der Waals surface area contributed by atoms with E-state index in [0.717, 1.165) is 232 Å². The molecule has 0 atom stereocenters. The monoisotopic (exact) mass is 1740 g/mol. The molecule has 3 saturated carbocycles. The van der Waals surface area contributed by atoms with Gasteiger partial charge >= 0.3 is 0 Å². The third-order valence-electron chi connectivity index (χ3n) is 26.4.